The van der Waals surface area contributed by atoms with E-state index in [1.807, 2.05) is 11.6 Å². The fourth-order valence-corrected chi connectivity index (χ4v) is 2.50. The zero-order valence-electron chi connectivity index (χ0n) is 13.5. The Hall–Kier alpha value is -1.68. The molecule has 114 valence electrons. The van der Waals surface area contributed by atoms with Crippen LogP contribution in [0.1, 0.15) is 44.6 Å². The lowest BCUT2D eigenvalue weighted by Crippen LogP contribution is -2.28. The lowest BCUT2D eigenvalue weighted by molar-refractivity contribution is 0.311. The van der Waals surface area contributed by atoms with Crippen molar-refractivity contribution in [2.75, 3.05) is 6.54 Å². The van der Waals surface area contributed by atoms with E-state index in [4.69, 9.17) is 0 Å². The van der Waals surface area contributed by atoms with Crippen LogP contribution in [0.4, 0.5) is 0 Å². The molecule has 1 aromatic carbocycles. The first-order chi connectivity index (χ1) is 9.96. The van der Waals surface area contributed by atoms with Gasteiger partial charge in [0.05, 0.1) is 0 Å². The summed E-state index contributed by atoms with van der Waals surface area (Å²) in [4.78, 5) is 0. The van der Waals surface area contributed by atoms with Gasteiger partial charge in [0.1, 0.15) is 12.2 Å². The van der Waals surface area contributed by atoms with Crippen molar-refractivity contribution in [1.29, 1.82) is 0 Å². The molecular formula is C17H26N4. The second-order valence-electron chi connectivity index (χ2n) is 6.79. The molecule has 0 fully saturated rings. The van der Waals surface area contributed by atoms with E-state index in [1.54, 1.807) is 6.33 Å². The molecule has 0 aliphatic rings. The Morgan fingerprint density at radius 1 is 1.19 bits per heavy atom. The second-order valence-corrected chi connectivity index (χ2v) is 6.79. The topological polar surface area (TPSA) is 42.7 Å². The molecule has 1 atom stereocenters. The minimum Gasteiger partial charge on any atom is -0.321 e. The smallest absolute Gasteiger partial charge is 0.133 e. The molecular weight excluding hydrogens is 260 g/mol. The monoisotopic (exact) mass is 286 g/mol. The number of aromatic nitrogens is 3. The number of rotatable bonds is 6. The molecule has 1 heterocycles. The van der Waals surface area contributed by atoms with E-state index < -0.39 is 0 Å². The zero-order chi connectivity index (χ0) is 15.3. The number of hydrogen-bond acceptors (Lipinski definition) is 3. The highest BCUT2D eigenvalue weighted by molar-refractivity contribution is 5.19. The van der Waals surface area contributed by atoms with E-state index in [1.165, 1.54) is 5.56 Å². The van der Waals surface area contributed by atoms with Crippen molar-refractivity contribution < 1.29 is 0 Å². The van der Waals surface area contributed by atoms with Crippen LogP contribution in [0.2, 0.25) is 0 Å². The van der Waals surface area contributed by atoms with Gasteiger partial charge in [-0.1, -0.05) is 51.1 Å². The van der Waals surface area contributed by atoms with Crippen LogP contribution in [-0.2, 0) is 13.5 Å². The second kappa shape index (κ2) is 6.85. The van der Waals surface area contributed by atoms with Crippen LogP contribution >= 0.6 is 0 Å². The summed E-state index contributed by atoms with van der Waals surface area (Å²) in [6, 6.07) is 11.1. The number of nitrogens with zero attached hydrogens (tertiary/aromatic N) is 3. The summed E-state index contributed by atoms with van der Waals surface area (Å²) in [7, 11) is 1.99. The standard InChI is InChI=1S/C17H26N4/c1-17(2,3)12-15(14-8-6-5-7-9-14)18-11-10-16-20-19-13-21(16)4/h5-9,13,15,18H,10-12H2,1-4H3. The molecule has 4 nitrogen and oxygen atoms in total. The van der Waals surface area contributed by atoms with Crippen LogP contribution in [-0.4, -0.2) is 21.3 Å². The van der Waals surface area contributed by atoms with E-state index in [0.29, 0.717) is 6.04 Å². The highest BCUT2D eigenvalue weighted by Gasteiger charge is 2.19. The van der Waals surface area contributed by atoms with Crippen molar-refractivity contribution in [3.05, 3.63) is 48.0 Å². The van der Waals surface area contributed by atoms with E-state index in [9.17, 15) is 0 Å². The average Bonchev–Trinajstić information content (AvgIpc) is 2.83. The van der Waals surface area contributed by atoms with Crippen LogP contribution in [0, 0.1) is 5.41 Å². The van der Waals surface area contributed by atoms with Gasteiger partial charge in [0.25, 0.3) is 0 Å². The first-order valence-corrected chi connectivity index (χ1v) is 7.57. The molecule has 0 saturated carbocycles. The molecule has 2 rings (SSSR count). The third kappa shape index (κ3) is 4.97. The van der Waals surface area contributed by atoms with Gasteiger partial charge in [-0.05, 0) is 17.4 Å². The van der Waals surface area contributed by atoms with E-state index in [0.717, 1.165) is 25.2 Å². The molecule has 21 heavy (non-hydrogen) atoms. The van der Waals surface area contributed by atoms with Gasteiger partial charge in [-0.25, -0.2) is 0 Å². The molecule has 1 unspecified atom stereocenters. The van der Waals surface area contributed by atoms with Gasteiger partial charge >= 0.3 is 0 Å². The zero-order valence-corrected chi connectivity index (χ0v) is 13.5. The van der Waals surface area contributed by atoms with Crippen molar-refractivity contribution in [2.24, 2.45) is 12.5 Å². The highest BCUT2D eigenvalue weighted by atomic mass is 15.2. The highest BCUT2D eigenvalue weighted by Crippen LogP contribution is 2.29. The minimum atomic E-state index is 0.290. The van der Waals surface area contributed by atoms with Gasteiger partial charge in [-0.2, -0.15) is 0 Å². The third-order valence-corrected chi connectivity index (χ3v) is 3.56. The summed E-state index contributed by atoms with van der Waals surface area (Å²) in [5, 5.41) is 11.7. The summed E-state index contributed by atoms with van der Waals surface area (Å²) in [5.41, 5.74) is 1.64. The number of nitrogens with one attached hydrogen (secondary N) is 1. The Morgan fingerprint density at radius 2 is 1.90 bits per heavy atom. The Labute approximate surface area is 127 Å². The molecule has 2 aromatic rings. The Bertz CT molecular complexity index is 539. The molecule has 0 spiro atoms. The first kappa shape index (κ1) is 15.7. The molecule has 0 saturated heterocycles. The molecule has 0 aliphatic heterocycles. The van der Waals surface area contributed by atoms with Gasteiger partial charge in [0.2, 0.25) is 0 Å². The maximum atomic E-state index is 4.13. The van der Waals surface area contributed by atoms with Crippen LogP contribution in [0.25, 0.3) is 0 Å². The van der Waals surface area contributed by atoms with Crippen LogP contribution < -0.4 is 5.32 Å². The fourth-order valence-electron chi connectivity index (χ4n) is 2.50. The summed E-state index contributed by atoms with van der Waals surface area (Å²) < 4.78 is 1.98. The lowest BCUT2D eigenvalue weighted by atomic mass is 9.85. The van der Waals surface area contributed by atoms with Crippen LogP contribution in [0.15, 0.2) is 36.7 Å². The maximum Gasteiger partial charge on any atom is 0.133 e. The van der Waals surface area contributed by atoms with E-state index in [2.05, 4.69) is 66.6 Å². The predicted octanol–water partition coefficient (Wildman–Crippen LogP) is 3.12. The minimum absolute atomic E-state index is 0.290. The van der Waals surface area contributed by atoms with Crippen molar-refractivity contribution in [1.82, 2.24) is 20.1 Å². The van der Waals surface area contributed by atoms with E-state index in [-0.39, 0.29) is 5.41 Å². The Morgan fingerprint density at radius 3 is 2.48 bits per heavy atom. The van der Waals surface area contributed by atoms with Crippen molar-refractivity contribution in [3.8, 4) is 0 Å². The van der Waals surface area contributed by atoms with Crippen LogP contribution in [0.5, 0.6) is 0 Å². The molecule has 0 radical (unpaired) electrons. The van der Waals surface area contributed by atoms with Crippen LogP contribution in [0.3, 0.4) is 0 Å². The number of hydrogen-bond donors (Lipinski definition) is 1. The fraction of sp³-hybridized carbons (Fsp3) is 0.529. The first-order valence-electron chi connectivity index (χ1n) is 7.57. The summed E-state index contributed by atoms with van der Waals surface area (Å²) in [6.07, 6.45) is 3.75. The van der Waals surface area contributed by atoms with Crippen molar-refractivity contribution in [2.45, 2.75) is 39.7 Å². The summed E-state index contributed by atoms with van der Waals surface area (Å²) in [6.45, 7) is 7.76. The summed E-state index contributed by atoms with van der Waals surface area (Å²) in [5.74, 6) is 1.02. The predicted molar refractivity (Wildman–Crippen MR) is 86.0 cm³/mol. The largest absolute Gasteiger partial charge is 0.321 e. The van der Waals surface area contributed by atoms with E-state index >= 15 is 0 Å². The van der Waals surface area contributed by atoms with Gasteiger partial charge in [0.15, 0.2) is 0 Å². The quantitative estimate of drug-likeness (QED) is 0.887. The Balaban J connectivity index is 1.98. The lowest BCUT2D eigenvalue weighted by Gasteiger charge is -2.27. The van der Waals surface area contributed by atoms with Crippen molar-refractivity contribution >= 4 is 0 Å². The normalized spacial score (nSPS) is 13.3. The average molecular weight is 286 g/mol. The Kier molecular flexibility index (Phi) is 5.12. The maximum absolute atomic E-state index is 4.13. The molecule has 0 amide bonds. The number of aryl methyl sites for hydroxylation is 1. The van der Waals surface area contributed by atoms with Crippen molar-refractivity contribution in [3.63, 3.8) is 0 Å². The molecule has 1 aromatic heterocycles. The number of benzene rings is 1. The SMILES string of the molecule is Cn1cnnc1CCNC(CC(C)(C)C)c1ccccc1. The van der Waals surface area contributed by atoms with Gasteiger partial charge in [0, 0.05) is 26.1 Å². The molecule has 0 bridgehead atoms. The summed E-state index contributed by atoms with van der Waals surface area (Å²) >= 11 is 0. The third-order valence-electron chi connectivity index (χ3n) is 3.56. The molecule has 1 N–H and O–H groups in total. The van der Waals surface area contributed by atoms with Gasteiger partial charge in [-0.15, -0.1) is 10.2 Å². The molecule has 4 heteroatoms. The van der Waals surface area contributed by atoms with Gasteiger partial charge < -0.3 is 9.88 Å². The van der Waals surface area contributed by atoms with Gasteiger partial charge in [-0.3, -0.25) is 0 Å². The molecule has 0 aliphatic carbocycles.